The van der Waals surface area contributed by atoms with Crippen LogP contribution in [-0.4, -0.2) is 29.0 Å². The van der Waals surface area contributed by atoms with Gasteiger partial charge in [0, 0.05) is 16.8 Å². The number of benzene rings is 2. The van der Waals surface area contributed by atoms with Crippen molar-refractivity contribution in [2.75, 3.05) is 14.2 Å². The first-order valence-corrected chi connectivity index (χ1v) is 7.54. The zero-order chi connectivity index (χ0) is 17.6. The van der Waals surface area contributed by atoms with Gasteiger partial charge >= 0.3 is 0 Å². The average molecular weight is 339 g/mol. The molecule has 0 spiro atoms. The monoisotopic (exact) mass is 339 g/mol. The fourth-order valence-corrected chi connectivity index (χ4v) is 2.88. The van der Waals surface area contributed by atoms with Crippen LogP contribution in [0.5, 0.6) is 11.5 Å². The maximum atomic E-state index is 13.1. The fourth-order valence-electron chi connectivity index (χ4n) is 2.88. The van der Waals surface area contributed by atoms with Crippen molar-refractivity contribution in [2.24, 2.45) is 0 Å². The Balaban J connectivity index is 1.99. The number of fused-ring (bicyclic) bond motifs is 3. The number of halogens is 1. The summed E-state index contributed by atoms with van der Waals surface area (Å²) in [6.45, 7) is 0. The summed E-state index contributed by atoms with van der Waals surface area (Å²) in [5, 5.41) is 5.71. The number of nitrogens with zero attached hydrogens (tertiary/aromatic N) is 2. The number of aromatic nitrogens is 3. The lowest BCUT2D eigenvalue weighted by molar-refractivity contribution is 0.356. The quantitative estimate of drug-likeness (QED) is 0.623. The summed E-state index contributed by atoms with van der Waals surface area (Å²) in [5.41, 5.74) is 1.31. The van der Waals surface area contributed by atoms with Crippen molar-refractivity contribution in [1.29, 1.82) is 0 Å². The fraction of sp³-hybridized carbons (Fsp3) is 0.111. The number of H-pyrrole nitrogens is 1. The van der Waals surface area contributed by atoms with E-state index in [0.717, 1.165) is 10.9 Å². The predicted molar refractivity (Wildman–Crippen MR) is 92.3 cm³/mol. The summed E-state index contributed by atoms with van der Waals surface area (Å²) in [6.07, 6.45) is 1.60. The van der Waals surface area contributed by atoms with Crippen LogP contribution in [0, 0.1) is 5.82 Å². The van der Waals surface area contributed by atoms with Gasteiger partial charge in [-0.1, -0.05) is 0 Å². The van der Waals surface area contributed by atoms with Crippen LogP contribution in [0.3, 0.4) is 0 Å². The van der Waals surface area contributed by atoms with Gasteiger partial charge in [-0.3, -0.25) is 4.79 Å². The van der Waals surface area contributed by atoms with Crippen molar-refractivity contribution in [1.82, 2.24) is 14.8 Å². The van der Waals surface area contributed by atoms with Crippen LogP contribution in [0.2, 0.25) is 0 Å². The number of aromatic amines is 1. The van der Waals surface area contributed by atoms with E-state index in [1.54, 1.807) is 32.5 Å². The first-order chi connectivity index (χ1) is 12.1. The highest BCUT2D eigenvalue weighted by Crippen LogP contribution is 2.34. The molecule has 0 bridgehead atoms. The second-order valence-corrected chi connectivity index (χ2v) is 5.50. The molecule has 2 aromatic carbocycles. The maximum Gasteiger partial charge on any atom is 0.295 e. The van der Waals surface area contributed by atoms with Gasteiger partial charge in [0.15, 0.2) is 11.5 Å². The number of methoxy groups -OCH3 is 2. The van der Waals surface area contributed by atoms with Crippen LogP contribution in [0.25, 0.3) is 27.5 Å². The molecule has 2 heterocycles. The van der Waals surface area contributed by atoms with Crippen LogP contribution in [0.15, 0.2) is 47.4 Å². The maximum absolute atomic E-state index is 13.1. The molecular formula is C18H14FN3O3. The summed E-state index contributed by atoms with van der Waals surface area (Å²) < 4.78 is 24.9. The van der Waals surface area contributed by atoms with Crippen LogP contribution in [0.1, 0.15) is 0 Å². The van der Waals surface area contributed by atoms with Crippen molar-refractivity contribution in [3.05, 3.63) is 58.8 Å². The second kappa shape index (κ2) is 5.62. The van der Waals surface area contributed by atoms with E-state index in [-0.39, 0.29) is 11.4 Å². The third-order valence-electron chi connectivity index (χ3n) is 4.12. The molecule has 1 N–H and O–H groups in total. The molecule has 7 heteroatoms. The Morgan fingerprint density at radius 1 is 1.04 bits per heavy atom. The lowest BCUT2D eigenvalue weighted by atomic mass is 10.2. The molecule has 0 aliphatic heterocycles. The smallest absolute Gasteiger partial charge is 0.295 e. The van der Waals surface area contributed by atoms with Crippen molar-refractivity contribution in [2.45, 2.75) is 0 Å². The highest BCUT2D eigenvalue weighted by molar-refractivity contribution is 6.07. The molecular weight excluding hydrogens is 325 g/mol. The standard InChI is InChI=1S/C18H14FN3O3/c1-24-15-7-12-13-9-20-22(11-5-3-10(19)4-6-11)18(23)17(13)21-14(12)8-16(15)25-2/h3-9,21H,1-2H3. The van der Waals surface area contributed by atoms with E-state index in [2.05, 4.69) is 10.1 Å². The normalized spacial score (nSPS) is 11.2. The lowest BCUT2D eigenvalue weighted by Crippen LogP contribution is -2.20. The minimum atomic E-state index is -0.373. The summed E-state index contributed by atoms with van der Waals surface area (Å²) in [5.74, 6) is 0.759. The molecule has 0 fully saturated rings. The molecule has 0 atom stereocenters. The van der Waals surface area contributed by atoms with Crippen molar-refractivity contribution in [3.8, 4) is 17.2 Å². The summed E-state index contributed by atoms with van der Waals surface area (Å²) in [6, 6.07) is 9.16. The third-order valence-corrected chi connectivity index (χ3v) is 4.12. The zero-order valence-corrected chi connectivity index (χ0v) is 13.5. The van der Waals surface area contributed by atoms with Crippen LogP contribution in [0.4, 0.5) is 4.39 Å². The van der Waals surface area contributed by atoms with Crippen LogP contribution < -0.4 is 15.0 Å². The summed E-state index contributed by atoms with van der Waals surface area (Å²) in [7, 11) is 3.10. The molecule has 0 aliphatic rings. The van der Waals surface area contributed by atoms with Gasteiger partial charge in [0.1, 0.15) is 11.3 Å². The number of nitrogens with one attached hydrogen (secondary N) is 1. The predicted octanol–water partition coefficient (Wildman–Crippen LogP) is 3.02. The van der Waals surface area contributed by atoms with Gasteiger partial charge in [0.05, 0.1) is 31.6 Å². The van der Waals surface area contributed by atoms with Gasteiger partial charge in [0.2, 0.25) is 0 Å². The van der Waals surface area contributed by atoms with Crippen LogP contribution >= 0.6 is 0 Å². The molecule has 25 heavy (non-hydrogen) atoms. The third kappa shape index (κ3) is 2.32. The van der Waals surface area contributed by atoms with E-state index in [9.17, 15) is 9.18 Å². The minimum Gasteiger partial charge on any atom is -0.493 e. The van der Waals surface area contributed by atoms with Crippen molar-refractivity contribution < 1.29 is 13.9 Å². The minimum absolute atomic E-state index is 0.321. The van der Waals surface area contributed by atoms with E-state index in [0.29, 0.717) is 28.1 Å². The van der Waals surface area contributed by atoms with E-state index in [1.807, 2.05) is 0 Å². The van der Waals surface area contributed by atoms with E-state index >= 15 is 0 Å². The van der Waals surface area contributed by atoms with Gasteiger partial charge in [-0.25, -0.2) is 4.39 Å². The molecule has 0 amide bonds. The Hall–Kier alpha value is -3.35. The summed E-state index contributed by atoms with van der Waals surface area (Å²) in [4.78, 5) is 15.9. The lowest BCUT2D eigenvalue weighted by Gasteiger charge is -2.07. The molecule has 6 nitrogen and oxygen atoms in total. The zero-order valence-electron chi connectivity index (χ0n) is 13.5. The van der Waals surface area contributed by atoms with Gasteiger partial charge in [-0.2, -0.15) is 9.78 Å². The molecule has 0 saturated carbocycles. The Bertz CT molecular complexity index is 1150. The SMILES string of the molecule is COc1cc2[nH]c3c(=O)n(-c4ccc(F)cc4)ncc3c2cc1OC. The summed E-state index contributed by atoms with van der Waals surface area (Å²) >= 11 is 0. The molecule has 0 unspecified atom stereocenters. The molecule has 0 radical (unpaired) electrons. The van der Waals surface area contributed by atoms with Crippen LogP contribution in [-0.2, 0) is 0 Å². The first-order valence-electron chi connectivity index (χ1n) is 7.54. The first kappa shape index (κ1) is 15.2. The molecule has 4 rings (SSSR count). The van der Waals surface area contributed by atoms with Gasteiger partial charge in [-0.05, 0) is 30.3 Å². The Labute approximate surface area is 141 Å². The molecule has 4 aromatic rings. The largest absolute Gasteiger partial charge is 0.493 e. The number of ether oxygens (including phenoxy) is 2. The van der Waals surface area contributed by atoms with Gasteiger partial charge < -0.3 is 14.5 Å². The second-order valence-electron chi connectivity index (χ2n) is 5.50. The topological polar surface area (TPSA) is 69.1 Å². The highest BCUT2D eigenvalue weighted by Gasteiger charge is 2.15. The average Bonchev–Trinajstić information content (AvgIpc) is 3.00. The van der Waals surface area contributed by atoms with E-state index in [1.165, 1.54) is 28.9 Å². The molecule has 126 valence electrons. The van der Waals surface area contributed by atoms with Gasteiger partial charge in [0.25, 0.3) is 5.56 Å². The molecule has 0 aliphatic carbocycles. The number of rotatable bonds is 3. The molecule has 0 saturated heterocycles. The van der Waals surface area contributed by atoms with Crippen molar-refractivity contribution in [3.63, 3.8) is 0 Å². The van der Waals surface area contributed by atoms with Crippen molar-refractivity contribution >= 4 is 21.8 Å². The Morgan fingerprint density at radius 2 is 1.72 bits per heavy atom. The molecule has 2 aromatic heterocycles. The number of hydrogen-bond donors (Lipinski definition) is 1. The number of hydrogen-bond acceptors (Lipinski definition) is 4. The van der Waals surface area contributed by atoms with Gasteiger partial charge in [-0.15, -0.1) is 0 Å². The Kier molecular flexibility index (Phi) is 3.42. The van der Waals surface area contributed by atoms with E-state index in [4.69, 9.17) is 9.47 Å². The van der Waals surface area contributed by atoms with E-state index < -0.39 is 0 Å². The highest BCUT2D eigenvalue weighted by atomic mass is 19.1. The Morgan fingerprint density at radius 3 is 2.40 bits per heavy atom.